The van der Waals surface area contributed by atoms with E-state index in [1.807, 2.05) is 0 Å². The summed E-state index contributed by atoms with van der Waals surface area (Å²) in [5.74, 6) is -3.04. The number of carbonyl (C=O) groups is 2. The number of rotatable bonds is 10. The van der Waals surface area contributed by atoms with E-state index in [2.05, 4.69) is 61.9 Å². The number of aliphatic carboxylic acids is 2. The highest BCUT2D eigenvalue weighted by molar-refractivity contribution is 5.82. The van der Waals surface area contributed by atoms with Gasteiger partial charge in [-0.3, -0.25) is 4.48 Å². The molecule has 4 saturated heterocycles. The molecular formula is C31H47N3O9. The molecule has 5 bridgehead atoms. The molecule has 5 aliphatic heterocycles. The average Bonchev–Trinajstić information content (AvgIpc) is 3.37. The highest BCUT2D eigenvalue weighted by Crippen LogP contribution is 2.71. The Morgan fingerprint density at radius 1 is 1.09 bits per heavy atom. The van der Waals surface area contributed by atoms with E-state index in [-0.39, 0.29) is 41.5 Å². The number of hydrogen-bond donors (Lipinski definition) is 6. The number of anilines is 1. The normalized spacial score (nSPS) is 40.0. The first-order valence-electron chi connectivity index (χ1n) is 15.6. The zero-order valence-electron chi connectivity index (χ0n) is 25.4. The molecule has 0 amide bonds. The largest absolute Gasteiger partial charge is 0.547 e. The van der Waals surface area contributed by atoms with Crippen LogP contribution >= 0.6 is 0 Å². The van der Waals surface area contributed by atoms with Crippen LogP contribution in [0.2, 0.25) is 0 Å². The lowest BCUT2D eigenvalue weighted by molar-refractivity contribution is -1.04. The molecule has 240 valence electrons. The topological polar surface area (TPSA) is 185 Å². The molecule has 1 aliphatic carbocycles. The zero-order valence-corrected chi connectivity index (χ0v) is 25.4. The van der Waals surface area contributed by atoms with Crippen LogP contribution in [-0.2, 0) is 15.0 Å². The molecule has 0 aromatic heterocycles. The van der Waals surface area contributed by atoms with E-state index in [4.69, 9.17) is 15.3 Å². The third kappa shape index (κ3) is 4.44. The smallest absolute Gasteiger partial charge is 0.335 e. The summed E-state index contributed by atoms with van der Waals surface area (Å²) in [4.78, 5) is 24.1. The van der Waals surface area contributed by atoms with Crippen molar-refractivity contribution in [3.8, 4) is 0 Å². The van der Waals surface area contributed by atoms with Crippen LogP contribution in [-0.4, -0.2) is 134 Å². The Kier molecular flexibility index (Phi) is 8.62. The molecule has 3 unspecified atom stereocenters. The third-order valence-electron chi connectivity index (χ3n) is 11.8. The van der Waals surface area contributed by atoms with E-state index in [9.17, 15) is 30.0 Å². The Balaban J connectivity index is 0.000000319. The summed E-state index contributed by atoms with van der Waals surface area (Å²) in [6, 6.07) is 9.31. The molecule has 5 heterocycles. The van der Waals surface area contributed by atoms with E-state index in [1.54, 1.807) is 0 Å². The molecule has 0 radical (unpaired) electrons. The van der Waals surface area contributed by atoms with Gasteiger partial charge < -0.3 is 50.3 Å². The van der Waals surface area contributed by atoms with Gasteiger partial charge in [0.2, 0.25) is 0 Å². The van der Waals surface area contributed by atoms with E-state index in [1.165, 1.54) is 11.3 Å². The van der Waals surface area contributed by atoms with Gasteiger partial charge in [0.05, 0.1) is 29.6 Å². The molecule has 1 saturated carbocycles. The van der Waals surface area contributed by atoms with Crippen LogP contribution in [0.4, 0.5) is 5.69 Å². The van der Waals surface area contributed by atoms with E-state index >= 15 is 0 Å². The van der Waals surface area contributed by atoms with Crippen molar-refractivity contribution in [3.63, 3.8) is 0 Å². The number of para-hydroxylation sites is 1. The number of carbonyl (C=O) groups excluding carboxylic acids is 1. The minimum atomic E-state index is -2.38. The van der Waals surface area contributed by atoms with Gasteiger partial charge in [-0.1, -0.05) is 39.0 Å². The van der Waals surface area contributed by atoms with Gasteiger partial charge in [-0.2, -0.15) is 0 Å². The number of carboxylic acid groups (broad SMARTS) is 2. The summed E-state index contributed by atoms with van der Waals surface area (Å²) in [7, 11) is 2.19. The molecule has 7 rings (SSSR count). The van der Waals surface area contributed by atoms with Gasteiger partial charge in [0, 0.05) is 44.0 Å². The predicted molar refractivity (Wildman–Crippen MR) is 153 cm³/mol. The van der Waals surface area contributed by atoms with E-state index in [0.717, 1.165) is 32.4 Å². The second-order valence-corrected chi connectivity index (χ2v) is 13.2. The maximum atomic E-state index is 12.1. The SMILES string of the molecule is CC[C@H]1[C@@H]2C[C@H]3[C@@H]4N(C)c5ccccc5[C@]45C[C@@H]([C@H]2C5O)[N+]3(CC(O)CN(CC)CC)[C@@H]1O.O=C([O-])[C@@H](O)[C@@H](O)C(=O)O. The summed E-state index contributed by atoms with van der Waals surface area (Å²) >= 11 is 0. The lowest BCUT2D eigenvalue weighted by atomic mass is 9.60. The number of benzene rings is 1. The van der Waals surface area contributed by atoms with E-state index in [0.29, 0.717) is 23.5 Å². The molecule has 6 N–H and O–H groups in total. The first-order chi connectivity index (χ1) is 20.3. The number of fused-ring (bicyclic) bond motifs is 2. The molecule has 1 aromatic rings. The predicted octanol–water partition coefficient (Wildman–Crippen LogP) is -1.69. The summed E-state index contributed by atoms with van der Waals surface area (Å²) in [6.07, 6.45) is -3.11. The van der Waals surface area contributed by atoms with Crippen LogP contribution in [0.1, 0.15) is 45.6 Å². The van der Waals surface area contributed by atoms with E-state index < -0.39 is 36.5 Å². The molecule has 1 aromatic carbocycles. The number of piperidine rings is 4. The van der Waals surface area contributed by atoms with Crippen LogP contribution < -0.4 is 10.0 Å². The van der Waals surface area contributed by atoms with Crippen molar-refractivity contribution in [1.82, 2.24) is 4.90 Å². The van der Waals surface area contributed by atoms with Crippen molar-refractivity contribution in [2.45, 2.75) is 94.2 Å². The Morgan fingerprint density at radius 3 is 2.30 bits per heavy atom. The first kappa shape index (κ1) is 32.1. The van der Waals surface area contributed by atoms with Gasteiger partial charge >= 0.3 is 5.97 Å². The van der Waals surface area contributed by atoms with Crippen LogP contribution in [0, 0.1) is 17.8 Å². The molecule has 5 fully saturated rings. The van der Waals surface area contributed by atoms with Gasteiger partial charge in [0.25, 0.3) is 0 Å². The maximum Gasteiger partial charge on any atom is 0.335 e. The summed E-state index contributed by atoms with van der Waals surface area (Å²) in [5, 5.41) is 69.6. The second kappa shape index (κ2) is 11.6. The lowest BCUT2D eigenvalue weighted by Crippen LogP contribution is -2.84. The van der Waals surface area contributed by atoms with Gasteiger partial charge in [-0.05, 0) is 37.1 Å². The molecule has 13 atom stereocenters. The highest BCUT2D eigenvalue weighted by Gasteiger charge is 2.83. The molecular weight excluding hydrogens is 558 g/mol. The Morgan fingerprint density at radius 2 is 1.74 bits per heavy atom. The Hall–Kier alpha value is -2.32. The number of hydrogen-bond acceptors (Lipinski definition) is 10. The lowest BCUT2D eigenvalue weighted by Gasteiger charge is -2.68. The first-order valence-corrected chi connectivity index (χ1v) is 15.6. The number of carboxylic acids is 2. The fraction of sp³-hybridized carbons (Fsp3) is 0.742. The molecule has 6 aliphatic rings. The second-order valence-electron chi connectivity index (χ2n) is 13.2. The number of nitrogens with zero attached hydrogens (tertiary/aromatic N) is 3. The average molecular weight is 606 g/mol. The Labute approximate surface area is 252 Å². The highest BCUT2D eigenvalue weighted by atomic mass is 16.4. The quantitative estimate of drug-likeness (QED) is 0.167. The van der Waals surface area contributed by atoms with Crippen molar-refractivity contribution in [3.05, 3.63) is 29.8 Å². The zero-order chi connectivity index (χ0) is 31.6. The number of aliphatic hydroxyl groups excluding tert-OH is 5. The summed E-state index contributed by atoms with van der Waals surface area (Å²) in [6.45, 7) is 9.58. The van der Waals surface area contributed by atoms with Crippen molar-refractivity contribution in [2.24, 2.45) is 17.8 Å². The fourth-order valence-corrected chi connectivity index (χ4v) is 10.2. The summed E-state index contributed by atoms with van der Waals surface area (Å²) < 4.78 is 0.601. The fourth-order valence-electron chi connectivity index (χ4n) is 10.2. The van der Waals surface area contributed by atoms with Gasteiger partial charge in [0.1, 0.15) is 24.8 Å². The van der Waals surface area contributed by atoms with Gasteiger partial charge in [-0.25, -0.2) is 4.79 Å². The Bertz CT molecular complexity index is 1200. The minimum absolute atomic E-state index is 0.171. The van der Waals surface area contributed by atoms with Gasteiger partial charge in [-0.15, -0.1) is 0 Å². The number of quaternary nitrogens is 1. The van der Waals surface area contributed by atoms with Crippen molar-refractivity contribution in [1.29, 1.82) is 0 Å². The van der Waals surface area contributed by atoms with Crippen LogP contribution in [0.25, 0.3) is 0 Å². The van der Waals surface area contributed by atoms with Crippen LogP contribution in [0.5, 0.6) is 0 Å². The number of aliphatic hydroxyl groups is 5. The maximum absolute atomic E-state index is 12.1. The third-order valence-corrected chi connectivity index (χ3v) is 11.8. The summed E-state index contributed by atoms with van der Waals surface area (Å²) in [5.41, 5.74) is 2.32. The van der Waals surface area contributed by atoms with Gasteiger partial charge in [0.15, 0.2) is 12.3 Å². The molecule has 1 spiro atoms. The van der Waals surface area contributed by atoms with Crippen LogP contribution in [0.15, 0.2) is 24.3 Å². The molecule has 43 heavy (non-hydrogen) atoms. The molecule has 12 heteroatoms. The van der Waals surface area contributed by atoms with Crippen molar-refractivity contribution >= 4 is 17.6 Å². The monoisotopic (exact) mass is 605 g/mol. The van der Waals surface area contributed by atoms with Crippen molar-refractivity contribution < 1.29 is 49.8 Å². The molecule has 12 nitrogen and oxygen atoms in total. The van der Waals surface area contributed by atoms with Crippen molar-refractivity contribution in [2.75, 3.05) is 38.1 Å². The van der Waals surface area contributed by atoms with Crippen LogP contribution in [0.3, 0.4) is 0 Å². The minimum Gasteiger partial charge on any atom is -0.547 e. The standard InChI is InChI=1S/C27H42N3O3.C4H6O6/c1-5-17-18-12-21-24-27(19-10-8-9-11-20(19)28(24)4)13-22(23(18)25(27)32)30(21,26(17)33)15-16(31)14-29(6-2)7-3;5-1(3(7)8)2(6)4(9)10/h8-11,16-18,21-26,31-33H,5-7,12-15H2,1-4H3;1-2,5-6H,(H,7,8)(H,9,10)/q+1;/p-1/t16?,17-,18-,21-,22-,23-,24-,25?,26+,27+,30?;1-,2+/m0./s1. The number of likely N-dealkylation sites (N-methyl/N-ethyl adjacent to an activating group) is 2.